The highest BCUT2D eigenvalue weighted by molar-refractivity contribution is 7.17. The van der Waals surface area contributed by atoms with Gasteiger partial charge in [-0.15, -0.1) is 11.3 Å². The van der Waals surface area contributed by atoms with Gasteiger partial charge in [0.2, 0.25) is 11.8 Å². The van der Waals surface area contributed by atoms with Gasteiger partial charge in [-0.25, -0.2) is 4.79 Å². The highest BCUT2D eigenvalue weighted by Crippen LogP contribution is 2.39. The minimum absolute atomic E-state index is 0.00117. The van der Waals surface area contributed by atoms with E-state index in [0.717, 1.165) is 31.2 Å². The van der Waals surface area contributed by atoms with Crippen molar-refractivity contribution in [3.8, 4) is 0 Å². The Morgan fingerprint density at radius 1 is 1.26 bits per heavy atom. The van der Waals surface area contributed by atoms with Gasteiger partial charge in [0.25, 0.3) is 0 Å². The molecule has 27 heavy (non-hydrogen) atoms. The molecule has 0 aromatic carbocycles. The zero-order valence-corrected chi connectivity index (χ0v) is 17.3. The molecule has 0 bridgehead atoms. The van der Waals surface area contributed by atoms with Gasteiger partial charge in [-0.1, -0.05) is 0 Å². The highest BCUT2D eigenvalue weighted by Gasteiger charge is 2.40. The molecule has 0 unspecified atom stereocenters. The summed E-state index contributed by atoms with van der Waals surface area (Å²) in [4.78, 5) is 40.6. The monoisotopic (exact) mass is 392 g/mol. The molecule has 3 rings (SSSR count). The van der Waals surface area contributed by atoms with Crippen LogP contribution in [0.5, 0.6) is 0 Å². The number of carbonyl (C=O) groups is 3. The molecule has 6 nitrogen and oxygen atoms in total. The summed E-state index contributed by atoms with van der Waals surface area (Å²) in [5.74, 6) is -0.963. The van der Waals surface area contributed by atoms with Crippen LogP contribution < -0.4 is 5.32 Å². The summed E-state index contributed by atoms with van der Waals surface area (Å²) in [6, 6.07) is 0. The summed E-state index contributed by atoms with van der Waals surface area (Å²) in [7, 11) is 0. The Hall–Kier alpha value is -1.89. The molecule has 1 aliphatic heterocycles. The third-order valence-corrected chi connectivity index (χ3v) is 6.40. The fourth-order valence-corrected chi connectivity index (χ4v) is 5.10. The van der Waals surface area contributed by atoms with Crippen LogP contribution in [0.4, 0.5) is 5.00 Å². The average Bonchev–Trinajstić information content (AvgIpc) is 3.15. The number of thiophene rings is 1. The van der Waals surface area contributed by atoms with Gasteiger partial charge in [0.15, 0.2) is 0 Å². The first-order valence-electron chi connectivity index (χ1n) is 9.65. The van der Waals surface area contributed by atoms with Crippen LogP contribution in [-0.2, 0) is 27.2 Å². The number of anilines is 1. The van der Waals surface area contributed by atoms with Crippen LogP contribution in [0.1, 0.15) is 67.8 Å². The summed E-state index contributed by atoms with van der Waals surface area (Å²) in [6.45, 7) is 8.40. The summed E-state index contributed by atoms with van der Waals surface area (Å²) < 4.78 is 5.23. The number of ether oxygens (including phenoxy) is 1. The van der Waals surface area contributed by atoms with Crippen LogP contribution in [0.2, 0.25) is 0 Å². The molecule has 2 amide bonds. The molecule has 148 valence electrons. The molecule has 1 atom stereocenters. The number of rotatable bonds is 4. The van der Waals surface area contributed by atoms with E-state index >= 15 is 0 Å². The van der Waals surface area contributed by atoms with Crippen molar-refractivity contribution in [2.45, 2.75) is 65.3 Å². The van der Waals surface area contributed by atoms with E-state index in [1.807, 2.05) is 20.8 Å². The first-order valence-corrected chi connectivity index (χ1v) is 10.5. The Morgan fingerprint density at radius 2 is 1.96 bits per heavy atom. The van der Waals surface area contributed by atoms with Crippen molar-refractivity contribution in [3.05, 3.63) is 16.0 Å². The van der Waals surface area contributed by atoms with Crippen molar-refractivity contribution in [2.24, 2.45) is 5.92 Å². The van der Waals surface area contributed by atoms with Crippen molar-refractivity contribution in [2.75, 3.05) is 18.5 Å². The molecular formula is C20H28N2O4S. The number of aryl methyl sites for hydroxylation is 1. The Kier molecular flexibility index (Phi) is 5.60. The van der Waals surface area contributed by atoms with E-state index in [2.05, 4.69) is 5.32 Å². The normalized spacial score (nSPS) is 19.8. The largest absolute Gasteiger partial charge is 0.462 e. The molecule has 0 saturated carbocycles. The standard InChI is InChI=1S/C20H28N2O4S/c1-5-26-19(25)16-13-8-6-7-9-14(13)27-18(16)21-17(24)12-10-15(23)22(11-12)20(2,3)4/h12H,5-11H2,1-4H3,(H,21,24)/t12-/m1/s1. The number of carbonyl (C=O) groups excluding carboxylic acids is 3. The van der Waals surface area contributed by atoms with Crippen molar-refractivity contribution < 1.29 is 19.1 Å². The third-order valence-electron chi connectivity index (χ3n) is 5.19. The van der Waals surface area contributed by atoms with Crippen LogP contribution in [0.15, 0.2) is 0 Å². The van der Waals surface area contributed by atoms with Gasteiger partial charge in [-0.3, -0.25) is 9.59 Å². The van der Waals surface area contributed by atoms with Crippen LogP contribution >= 0.6 is 11.3 Å². The summed E-state index contributed by atoms with van der Waals surface area (Å²) >= 11 is 1.48. The molecule has 1 saturated heterocycles. The second-order valence-electron chi connectivity index (χ2n) is 8.20. The molecule has 1 fully saturated rings. The second kappa shape index (κ2) is 7.62. The number of hydrogen-bond acceptors (Lipinski definition) is 5. The van der Waals surface area contributed by atoms with Gasteiger partial charge < -0.3 is 15.0 Å². The van der Waals surface area contributed by atoms with Crippen molar-refractivity contribution >= 4 is 34.1 Å². The van der Waals surface area contributed by atoms with Gasteiger partial charge in [-0.2, -0.15) is 0 Å². The number of fused-ring (bicyclic) bond motifs is 1. The van der Waals surface area contributed by atoms with Gasteiger partial charge >= 0.3 is 5.97 Å². The molecule has 2 aliphatic rings. The molecule has 7 heteroatoms. The van der Waals surface area contributed by atoms with Crippen molar-refractivity contribution in [1.29, 1.82) is 0 Å². The number of amides is 2. The lowest BCUT2D eigenvalue weighted by Gasteiger charge is -2.31. The number of nitrogens with one attached hydrogen (secondary N) is 1. The Bertz CT molecular complexity index is 763. The lowest BCUT2D eigenvalue weighted by Crippen LogP contribution is -2.42. The fraction of sp³-hybridized carbons (Fsp3) is 0.650. The smallest absolute Gasteiger partial charge is 0.341 e. The number of likely N-dealkylation sites (tertiary alicyclic amines) is 1. The predicted octanol–water partition coefficient (Wildman–Crippen LogP) is 3.39. The maximum absolute atomic E-state index is 12.8. The Morgan fingerprint density at radius 3 is 2.59 bits per heavy atom. The highest BCUT2D eigenvalue weighted by atomic mass is 32.1. The summed E-state index contributed by atoms with van der Waals surface area (Å²) in [5, 5.41) is 3.52. The van der Waals surface area contributed by atoms with E-state index in [9.17, 15) is 14.4 Å². The van der Waals surface area contributed by atoms with Crippen molar-refractivity contribution in [3.63, 3.8) is 0 Å². The van der Waals surface area contributed by atoms with E-state index in [1.165, 1.54) is 16.2 Å². The number of nitrogens with zero attached hydrogens (tertiary/aromatic N) is 1. The molecule has 1 aromatic rings. The van der Waals surface area contributed by atoms with Gasteiger partial charge in [-0.05, 0) is 58.9 Å². The van der Waals surface area contributed by atoms with Gasteiger partial charge in [0.1, 0.15) is 5.00 Å². The second-order valence-corrected chi connectivity index (χ2v) is 9.31. The van der Waals surface area contributed by atoms with Crippen LogP contribution in [0, 0.1) is 5.92 Å². The van der Waals surface area contributed by atoms with Gasteiger partial charge in [0, 0.05) is 23.4 Å². The summed E-state index contributed by atoms with van der Waals surface area (Å²) in [5.41, 5.74) is 1.24. The topological polar surface area (TPSA) is 75.7 Å². The maximum Gasteiger partial charge on any atom is 0.341 e. The maximum atomic E-state index is 12.8. The van der Waals surface area contributed by atoms with E-state index in [1.54, 1.807) is 11.8 Å². The summed E-state index contributed by atoms with van der Waals surface area (Å²) in [6.07, 6.45) is 4.13. The molecule has 1 N–H and O–H groups in total. The zero-order valence-electron chi connectivity index (χ0n) is 16.5. The van der Waals surface area contributed by atoms with Crippen molar-refractivity contribution in [1.82, 2.24) is 4.90 Å². The molecule has 2 heterocycles. The van der Waals surface area contributed by atoms with E-state index in [-0.39, 0.29) is 29.7 Å². The zero-order chi connectivity index (χ0) is 19.8. The van der Waals surface area contributed by atoms with Gasteiger partial charge in [0.05, 0.1) is 18.1 Å². The van der Waals surface area contributed by atoms with E-state index < -0.39 is 5.92 Å². The van der Waals surface area contributed by atoms with Crippen LogP contribution in [0.3, 0.4) is 0 Å². The molecule has 0 spiro atoms. The molecular weight excluding hydrogens is 364 g/mol. The predicted molar refractivity (Wildman–Crippen MR) is 105 cm³/mol. The first kappa shape index (κ1) is 19.9. The fourth-order valence-electron chi connectivity index (χ4n) is 3.82. The average molecular weight is 393 g/mol. The minimum Gasteiger partial charge on any atom is -0.462 e. The minimum atomic E-state index is -0.397. The number of esters is 1. The quantitative estimate of drug-likeness (QED) is 0.797. The van der Waals surface area contributed by atoms with E-state index in [4.69, 9.17) is 4.74 Å². The molecule has 1 aromatic heterocycles. The SMILES string of the molecule is CCOC(=O)c1c(NC(=O)[C@@H]2CC(=O)N(C(C)(C)C)C2)sc2c1CCCC2. The van der Waals surface area contributed by atoms with Crippen LogP contribution in [-0.4, -0.2) is 41.4 Å². The number of hydrogen-bond donors (Lipinski definition) is 1. The lowest BCUT2D eigenvalue weighted by molar-refractivity contribution is -0.131. The molecule has 1 aliphatic carbocycles. The van der Waals surface area contributed by atoms with E-state index in [0.29, 0.717) is 23.7 Å². The first-order chi connectivity index (χ1) is 12.7. The Labute approximate surface area is 164 Å². The Balaban J connectivity index is 1.81. The van der Waals surface area contributed by atoms with Crippen LogP contribution in [0.25, 0.3) is 0 Å². The third kappa shape index (κ3) is 4.03. The lowest BCUT2D eigenvalue weighted by atomic mass is 9.95. The molecule has 0 radical (unpaired) electrons.